The zero-order chi connectivity index (χ0) is 17.2. The number of ether oxygens (including phenoxy) is 2. The summed E-state index contributed by atoms with van der Waals surface area (Å²) >= 11 is 3.51. The number of amides is 1. The van der Waals surface area contributed by atoms with Crippen molar-refractivity contribution in [3.05, 3.63) is 64.1 Å². The molecule has 24 heavy (non-hydrogen) atoms. The van der Waals surface area contributed by atoms with Crippen LogP contribution >= 0.6 is 15.9 Å². The van der Waals surface area contributed by atoms with Gasteiger partial charge < -0.3 is 14.4 Å². The Morgan fingerprint density at radius 3 is 2.67 bits per heavy atom. The highest BCUT2D eigenvalue weighted by atomic mass is 79.9. The summed E-state index contributed by atoms with van der Waals surface area (Å²) in [4.78, 5) is 14.5. The number of hydrogen-bond donors (Lipinski definition) is 0. The number of benzene rings is 2. The predicted octanol–water partition coefficient (Wildman–Crippen LogP) is 3.73. The van der Waals surface area contributed by atoms with Gasteiger partial charge in [0.25, 0.3) is 0 Å². The molecule has 1 aliphatic rings. The quantitative estimate of drug-likeness (QED) is 0.799. The number of methoxy groups -OCH3 is 1. The minimum Gasteiger partial charge on any atom is -0.497 e. The topological polar surface area (TPSA) is 38.8 Å². The van der Waals surface area contributed by atoms with Crippen molar-refractivity contribution in [3.8, 4) is 5.75 Å². The molecule has 1 aliphatic heterocycles. The number of carbonyl (C=O) groups is 1. The van der Waals surface area contributed by atoms with Crippen molar-refractivity contribution in [1.82, 2.24) is 4.90 Å². The number of rotatable bonds is 4. The van der Waals surface area contributed by atoms with Gasteiger partial charge in [0.1, 0.15) is 12.4 Å². The van der Waals surface area contributed by atoms with Crippen LogP contribution in [-0.2, 0) is 21.6 Å². The largest absolute Gasteiger partial charge is 0.497 e. The zero-order valence-corrected chi connectivity index (χ0v) is 15.4. The van der Waals surface area contributed by atoms with Crippen LogP contribution in [0.5, 0.6) is 5.75 Å². The average Bonchev–Trinajstić information content (AvgIpc) is 2.59. The van der Waals surface area contributed by atoms with E-state index in [-0.39, 0.29) is 12.5 Å². The first-order valence-electron chi connectivity index (χ1n) is 7.80. The van der Waals surface area contributed by atoms with Gasteiger partial charge in [-0.05, 0) is 42.3 Å². The van der Waals surface area contributed by atoms with Crippen LogP contribution in [0.1, 0.15) is 18.1 Å². The third kappa shape index (κ3) is 3.32. The molecule has 5 heteroatoms. The number of halogens is 1. The fraction of sp³-hybridized carbons (Fsp3) is 0.316. The summed E-state index contributed by atoms with van der Waals surface area (Å²) in [5.74, 6) is 0.807. The Bertz CT molecular complexity index is 732. The Hall–Kier alpha value is -1.85. The average molecular weight is 390 g/mol. The number of carbonyl (C=O) groups excluding carboxylic acids is 1. The lowest BCUT2D eigenvalue weighted by molar-refractivity contribution is -0.159. The van der Waals surface area contributed by atoms with Gasteiger partial charge in [-0.25, -0.2) is 0 Å². The minimum atomic E-state index is -0.501. The normalized spacial score (nSPS) is 21.0. The summed E-state index contributed by atoms with van der Waals surface area (Å²) in [6.45, 7) is 3.19. The molecule has 0 spiro atoms. The van der Waals surface area contributed by atoms with Gasteiger partial charge in [-0.1, -0.05) is 40.2 Å². The van der Waals surface area contributed by atoms with Crippen molar-refractivity contribution >= 4 is 21.8 Å². The molecule has 0 unspecified atom stereocenters. The van der Waals surface area contributed by atoms with E-state index in [9.17, 15) is 4.79 Å². The number of morpholine rings is 1. The Balaban J connectivity index is 1.92. The highest BCUT2D eigenvalue weighted by molar-refractivity contribution is 9.10. The van der Waals surface area contributed by atoms with Gasteiger partial charge in [-0.2, -0.15) is 0 Å². The molecule has 1 amide bonds. The van der Waals surface area contributed by atoms with E-state index in [0.717, 1.165) is 21.3 Å². The molecule has 0 radical (unpaired) electrons. The molecule has 0 aromatic heterocycles. The van der Waals surface area contributed by atoms with Crippen LogP contribution in [-0.4, -0.2) is 31.1 Å². The lowest BCUT2D eigenvalue weighted by Gasteiger charge is -2.45. The van der Waals surface area contributed by atoms with Crippen molar-refractivity contribution in [2.24, 2.45) is 0 Å². The van der Waals surface area contributed by atoms with Crippen LogP contribution in [0.3, 0.4) is 0 Å². The van der Waals surface area contributed by atoms with Crippen LogP contribution in [0.15, 0.2) is 53.0 Å². The summed E-state index contributed by atoms with van der Waals surface area (Å²) < 4.78 is 11.8. The maximum Gasteiger partial charge on any atom is 0.249 e. The first-order valence-corrected chi connectivity index (χ1v) is 8.59. The Morgan fingerprint density at radius 2 is 2.00 bits per heavy atom. The Morgan fingerprint density at radius 1 is 1.25 bits per heavy atom. The van der Waals surface area contributed by atoms with E-state index in [1.165, 1.54) is 0 Å². The summed E-state index contributed by atoms with van der Waals surface area (Å²) in [6.07, 6.45) is 0. The van der Waals surface area contributed by atoms with Gasteiger partial charge in [0.2, 0.25) is 5.91 Å². The first-order chi connectivity index (χ1) is 11.5. The van der Waals surface area contributed by atoms with Gasteiger partial charge in [0, 0.05) is 11.0 Å². The second-order valence-electron chi connectivity index (χ2n) is 6.10. The molecule has 0 aliphatic carbocycles. The monoisotopic (exact) mass is 389 g/mol. The van der Waals surface area contributed by atoms with Crippen molar-refractivity contribution in [1.29, 1.82) is 0 Å². The Labute approximate surface area is 150 Å². The molecule has 1 fully saturated rings. The zero-order valence-electron chi connectivity index (χ0n) is 13.8. The lowest BCUT2D eigenvalue weighted by Crippen LogP contribution is -2.55. The van der Waals surface area contributed by atoms with Gasteiger partial charge in [-0.3, -0.25) is 4.79 Å². The molecule has 126 valence electrons. The standard InChI is InChI=1S/C19H20BrNO3/c1-19(15-4-3-5-16(20)10-15)13-24-12-18(22)21(19)11-14-6-8-17(23-2)9-7-14/h3-10H,11-13H2,1-2H3/t19-/m1/s1. The second kappa shape index (κ2) is 6.95. The minimum absolute atomic E-state index is 0.000423. The van der Waals surface area contributed by atoms with Gasteiger partial charge >= 0.3 is 0 Å². The van der Waals surface area contributed by atoms with Crippen molar-refractivity contribution in [2.45, 2.75) is 19.0 Å². The lowest BCUT2D eigenvalue weighted by atomic mass is 9.89. The van der Waals surface area contributed by atoms with Gasteiger partial charge in [0.15, 0.2) is 0 Å². The highest BCUT2D eigenvalue weighted by Crippen LogP contribution is 2.34. The summed E-state index contributed by atoms with van der Waals surface area (Å²) in [5.41, 5.74) is 1.62. The molecular formula is C19H20BrNO3. The number of hydrogen-bond acceptors (Lipinski definition) is 3. The molecule has 3 rings (SSSR count). The predicted molar refractivity (Wildman–Crippen MR) is 95.9 cm³/mol. The van der Waals surface area contributed by atoms with E-state index in [1.807, 2.05) is 53.4 Å². The summed E-state index contributed by atoms with van der Waals surface area (Å²) in [5, 5.41) is 0. The fourth-order valence-electron chi connectivity index (χ4n) is 3.01. The van der Waals surface area contributed by atoms with E-state index >= 15 is 0 Å². The van der Waals surface area contributed by atoms with E-state index in [4.69, 9.17) is 9.47 Å². The molecule has 1 saturated heterocycles. The molecule has 4 nitrogen and oxygen atoms in total. The van der Waals surface area contributed by atoms with Crippen LogP contribution in [0, 0.1) is 0 Å². The maximum atomic E-state index is 12.6. The van der Waals surface area contributed by atoms with Crippen molar-refractivity contribution < 1.29 is 14.3 Å². The molecular weight excluding hydrogens is 370 g/mol. The first kappa shape index (κ1) is 17.0. The third-order valence-corrected chi connectivity index (χ3v) is 4.94. The SMILES string of the molecule is COc1ccc(CN2C(=O)COC[C@]2(C)c2cccc(Br)c2)cc1. The molecule has 0 bridgehead atoms. The van der Waals surface area contributed by atoms with Crippen LogP contribution in [0.25, 0.3) is 0 Å². The van der Waals surface area contributed by atoms with E-state index in [0.29, 0.717) is 13.2 Å². The summed E-state index contributed by atoms with van der Waals surface area (Å²) in [7, 11) is 1.64. The van der Waals surface area contributed by atoms with Crippen LogP contribution in [0.4, 0.5) is 0 Å². The molecule has 2 aromatic rings. The molecule has 0 saturated carbocycles. The second-order valence-corrected chi connectivity index (χ2v) is 7.02. The molecule has 1 atom stereocenters. The van der Waals surface area contributed by atoms with Crippen LogP contribution < -0.4 is 4.74 Å². The smallest absolute Gasteiger partial charge is 0.249 e. The molecule has 0 N–H and O–H groups in total. The highest BCUT2D eigenvalue weighted by Gasteiger charge is 2.40. The van der Waals surface area contributed by atoms with Crippen molar-refractivity contribution in [2.75, 3.05) is 20.3 Å². The maximum absolute atomic E-state index is 12.6. The fourth-order valence-corrected chi connectivity index (χ4v) is 3.41. The Kier molecular flexibility index (Phi) is 4.92. The third-order valence-electron chi connectivity index (χ3n) is 4.45. The van der Waals surface area contributed by atoms with Gasteiger partial charge in [0.05, 0.1) is 19.3 Å². The van der Waals surface area contributed by atoms with E-state index < -0.39 is 5.54 Å². The number of nitrogens with zero attached hydrogens (tertiary/aromatic N) is 1. The van der Waals surface area contributed by atoms with Gasteiger partial charge in [-0.15, -0.1) is 0 Å². The molecule has 2 aromatic carbocycles. The molecule has 1 heterocycles. The van der Waals surface area contributed by atoms with E-state index in [1.54, 1.807) is 7.11 Å². The van der Waals surface area contributed by atoms with E-state index in [2.05, 4.69) is 22.9 Å². The van der Waals surface area contributed by atoms with Crippen LogP contribution in [0.2, 0.25) is 0 Å². The van der Waals surface area contributed by atoms with Crippen molar-refractivity contribution in [3.63, 3.8) is 0 Å². The summed E-state index contributed by atoms with van der Waals surface area (Å²) in [6, 6.07) is 15.8.